The number of rotatable bonds is 3. The molecule has 1 saturated heterocycles. The van der Waals surface area contributed by atoms with Gasteiger partial charge in [0.05, 0.1) is 13.5 Å². The maximum atomic E-state index is 12.3. The van der Waals surface area contributed by atoms with Crippen LogP contribution in [0.2, 0.25) is 0 Å². The first-order chi connectivity index (χ1) is 9.20. The van der Waals surface area contributed by atoms with Crippen molar-refractivity contribution in [3.05, 3.63) is 35.9 Å². The summed E-state index contributed by atoms with van der Waals surface area (Å²) < 4.78 is 4.65. The van der Waals surface area contributed by atoms with Crippen molar-refractivity contribution in [1.29, 1.82) is 0 Å². The summed E-state index contributed by atoms with van der Waals surface area (Å²) >= 11 is 0. The van der Waals surface area contributed by atoms with Crippen LogP contribution in [0.3, 0.4) is 0 Å². The third-order valence-electron chi connectivity index (χ3n) is 3.20. The Hall–Kier alpha value is -1.88. The number of hydrogen-bond acceptors (Lipinski definition) is 4. The van der Waals surface area contributed by atoms with Crippen LogP contribution in [0.4, 0.5) is 0 Å². The zero-order valence-electron chi connectivity index (χ0n) is 11.0. The second-order valence-corrected chi connectivity index (χ2v) is 4.55. The molecule has 1 aliphatic heterocycles. The van der Waals surface area contributed by atoms with Crippen LogP contribution in [-0.4, -0.2) is 49.6 Å². The molecule has 1 atom stereocenters. The van der Waals surface area contributed by atoms with E-state index in [1.165, 1.54) is 7.11 Å². The standard InChI is InChI=1S/C14H18N2O3/c1-19-13(17)9-12-10-16(8-7-15-12)14(18)11-5-3-2-4-6-11/h2-6,12,15H,7-10H2,1H3/t12-/m1/s1. The second-order valence-electron chi connectivity index (χ2n) is 4.55. The van der Waals surface area contributed by atoms with Crippen molar-refractivity contribution in [3.63, 3.8) is 0 Å². The predicted molar refractivity (Wildman–Crippen MR) is 70.8 cm³/mol. The molecule has 1 heterocycles. The predicted octanol–water partition coefficient (Wildman–Crippen LogP) is 0.664. The van der Waals surface area contributed by atoms with Gasteiger partial charge in [0.15, 0.2) is 0 Å². The highest BCUT2D eigenvalue weighted by molar-refractivity contribution is 5.94. The van der Waals surface area contributed by atoms with E-state index >= 15 is 0 Å². The minimum absolute atomic E-state index is 0.0111. The third kappa shape index (κ3) is 3.54. The summed E-state index contributed by atoms with van der Waals surface area (Å²) in [6.07, 6.45) is 0.287. The van der Waals surface area contributed by atoms with Crippen LogP contribution in [0.25, 0.3) is 0 Å². The van der Waals surface area contributed by atoms with Crippen LogP contribution in [-0.2, 0) is 9.53 Å². The van der Waals surface area contributed by atoms with E-state index in [2.05, 4.69) is 10.1 Å². The van der Waals surface area contributed by atoms with Crippen molar-refractivity contribution in [2.75, 3.05) is 26.7 Å². The summed E-state index contributed by atoms with van der Waals surface area (Å²) in [5, 5.41) is 3.23. The molecule has 0 bridgehead atoms. The molecule has 19 heavy (non-hydrogen) atoms. The number of methoxy groups -OCH3 is 1. The Morgan fingerprint density at radius 2 is 2.11 bits per heavy atom. The summed E-state index contributed by atoms with van der Waals surface area (Å²) in [7, 11) is 1.37. The topological polar surface area (TPSA) is 58.6 Å². The Morgan fingerprint density at radius 3 is 2.79 bits per heavy atom. The van der Waals surface area contributed by atoms with Gasteiger partial charge >= 0.3 is 5.97 Å². The molecule has 1 aromatic rings. The summed E-state index contributed by atoms with van der Waals surface area (Å²) in [6, 6.07) is 9.16. The number of carbonyl (C=O) groups is 2. The number of esters is 1. The first-order valence-electron chi connectivity index (χ1n) is 6.35. The normalized spacial score (nSPS) is 19.0. The Kier molecular flexibility index (Phi) is 4.52. The molecule has 102 valence electrons. The van der Waals surface area contributed by atoms with Gasteiger partial charge in [-0.15, -0.1) is 0 Å². The third-order valence-corrected chi connectivity index (χ3v) is 3.20. The Morgan fingerprint density at radius 1 is 1.37 bits per heavy atom. The quantitative estimate of drug-likeness (QED) is 0.813. The maximum Gasteiger partial charge on any atom is 0.307 e. The van der Waals surface area contributed by atoms with E-state index in [1.807, 2.05) is 18.2 Å². The van der Waals surface area contributed by atoms with Crippen molar-refractivity contribution in [1.82, 2.24) is 10.2 Å². The fraction of sp³-hybridized carbons (Fsp3) is 0.429. The SMILES string of the molecule is COC(=O)C[C@@H]1CN(C(=O)c2ccccc2)CCN1. The lowest BCUT2D eigenvalue weighted by Gasteiger charge is -2.33. The second kappa shape index (κ2) is 6.33. The molecule has 5 nitrogen and oxygen atoms in total. The number of nitrogens with zero attached hydrogens (tertiary/aromatic N) is 1. The highest BCUT2D eigenvalue weighted by atomic mass is 16.5. The molecule has 0 saturated carbocycles. The molecular formula is C14H18N2O3. The van der Waals surface area contributed by atoms with Gasteiger partial charge in [-0.2, -0.15) is 0 Å². The van der Waals surface area contributed by atoms with Crippen molar-refractivity contribution in [3.8, 4) is 0 Å². The van der Waals surface area contributed by atoms with Crippen LogP contribution < -0.4 is 5.32 Å². The van der Waals surface area contributed by atoms with E-state index in [1.54, 1.807) is 17.0 Å². The number of ether oxygens (including phenoxy) is 1. The van der Waals surface area contributed by atoms with E-state index in [4.69, 9.17) is 0 Å². The Labute approximate surface area is 112 Å². The number of hydrogen-bond donors (Lipinski definition) is 1. The van der Waals surface area contributed by atoms with Crippen molar-refractivity contribution in [2.45, 2.75) is 12.5 Å². The minimum Gasteiger partial charge on any atom is -0.469 e. The highest BCUT2D eigenvalue weighted by Crippen LogP contribution is 2.09. The van der Waals surface area contributed by atoms with Crippen LogP contribution in [0.15, 0.2) is 30.3 Å². The fourth-order valence-electron chi connectivity index (χ4n) is 2.19. The van der Waals surface area contributed by atoms with E-state index in [0.29, 0.717) is 25.2 Å². The van der Waals surface area contributed by atoms with E-state index in [-0.39, 0.29) is 24.3 Å². The molecule has 1 aliphatic rings. The molecule has 0 aromatic heterocycles. The Balaban J connectivity index is 1.97. The van der Waals surface area contributed by atoms with E-state index < -0.39 is 0 Å². The summed E-state index contributed by atoms with van der Waals surface area (Å²) in [4.78, 5) is 25.3. The lowest BCUT2D eigenvalue weighted by atomic mass is 10.1. The summed E-state index contributed by atoms with van der Waals surface area (Å²) in [6.45, 7) is 1.88. The molecular weight excluding hydrogens is 244 g/mol. The molecule has 2 rings (SSSR count). The number of nitrogens with one attached hydrogen (secondary N) is 1. The molecule has 0 radical (unpaired) electrons. The summed E-state index contributed by atoms with van der Waals surface area (Å²) in [5.41, 5.74) is 0.682. The number of piperazine rings is 1. The molecule has 0 aliphatic carbocycles. The van der Waals surface area contributed by atoms with Crippen molar-refractivity contribution >= 4 is 11.9 Å². The molecule has 0 spiro atoms. The molecule has 1 aromatic carbocycles. The van der Waals surface area contributed by atoms with Crippen LogP contribution in [0.5, 0.6) is 0 Å². The molecule has 1 amide bonds. The van der Waals surface area contributed by atoms with Gasteiger partial charge in [-0.05, 0) is 12.1 Å². The first kappa shape index (κ1) is 13.5. The van der Waals surface area contributed by atoms with Crippen molar-refractivity contribution < 1.29 is 14.3 Å². The molecule has 0 unspecified atom stereocenters. The van der Waals surface area contributed by atoms with Crippen molar-refractivity contribution in [2.24, 2.45) is 0 Å². The zero-order valence-corrected chi connectivity index (χ0v) is 11.0. The highest BCUT2D eigenvalue weighted by Gasteiger charge is 2.25. The van der Waals surface area contributed by atoms with E-state index in [0.717, 1.165) is 0 Å². The Bertz CT molecular complexity index is 447. The average molecular weight is 262 g/mol. The zero-order chi connectivity index (χ0) is 13.7. The van der Waals surface area contributed by atoms with Gasteiger partial charge in [-0.3, -0.25) is 9.59 Å². The smallest absolute Gasteiger partial charge is 0.307 e. The number of benzene rings is 1. The average Bonchev–Trinajstić information content (AvgIpc) is 2.47. The van der Waals surface area contributed by atoms with Crippen LogP contribution in [0.1, 0.15) is 16.8 Å². The molecule has 1 N–H and O–H groups in total. The lowest BCUT2D eigenvalue weighted by Crippen LogP contribution is -2.53. The largest absolute Gasteiger partial charge is 0.469 e. The van der Waals surface area contributed by atoms with Crippen LogP contribution in [0, 0.1) is 0 Å². The minimum atomic E-state index is -0.258. The van der Waals surface area contributed by atoms with Gasteiger partial charge in [0, 0.05) is 31.2 Å². The number of carbonyl (C=O) groups excluding carboxylic acids is 2. The van der Waals surface area contributed by atoms with Gasteiger partial charge in [0.2, 0.25) is 0 Å². The van der Waals surface area contributed by atoms with E-state index in [9.17, 15) is 9.59 Å². The number of amides is 1. The van der Waals surface area contributed by atoms with Gasteiger partial charge in [-0.25, -0.2) is 0 Å². The maximum absolute atomic E-state index is 12.3. The first-order valence-corrected chi connectivity index (χ1v) is 6.35. The fourth-order valence-corrected chi connectivity index (χ4v) is 2.19. The van der Waals surface area contributed by atoms with Gasteiger partial charge in [0.1, 0.15) is 0 Å². The lowest BCUT2D eigenvalue weighted by molar-refractivity contribution is -0.141. The van der Waals surface area contributed by atoms with Gasteiger partial charge < -0.3 is 15.0 Å². The molecule has 1 fully saturated rings. The molecule has 5 heteroatoms. The summed E-state index contributed by atoms with van der Waals surface area (Å²) in [5.74, 6) is -0.247. The van der Waals surface area contributed by atoms with Gasteiger partial charge in [-0.1, -0.05) is 18.2 Å². The van der Waals surface area contributed by atoms with Crippen LogP contribution >= 0.6 is 0 Å². The van der Waals surface area contributed by atoms with Gasteiger partial charge in [0.25, 0.3) is 5.91 Å². The monoisotopic (exact) mass is 262 g/mol.